The molecular formula is C23H34ClN5O4S2. The molecule has 194 valence electrons. The minimum Gasteiger partial charge on any atom is -0.341 e. The summed E-state index contributed by atoms with van der Waals surface area (Å²) in [6.45, 7) is 8.06. The van der Waals surface area contributed by atoms with Crippen LogP contribution in [0.15, 0.2) is 40.1 Å². The number of benzene rings is 1. The molecule has 0 bridgehead atoms. The summed E-state index contributed by atoms with van der Waals surface area (Å²) in [5.41, 5.74) is 1.95. The Labute approximate surface area is 214 Å². The number of hydrogen-bond donors (Lipinski definition) is 0. The molecule has 12 heteroatoms. The fraction of sp³-hybridized carbons (Fsp3) is 0.565. The average molecular weight is 544 g/mol. The fourth-order valence-corrected chi connectivity index (χ4v) is 7.07. The van der Waals surface area contributed by atoms with Crippen LogP contribution in [0.3, 0.4) is 0 Å². The fourth-order valence-electron chi connectivity index (χ4n) is 4.81. The van der Waals surface area contributed by atoms with Gasteiger partial charge in [0, 0.05) is 56.4 Å². The van der Waals surface area contributed by atoms with Gasteiger partial charge in [0.1, 0.15) is 0 Å². The SMILES string of the molecule is Cc1cc(C)nc(N2CCC(N3CCCN(S(=O)(=O)c4cccc(S(C)(=O)=O)c4)CC3)CC2)n1.Cl. The van der Waals surface area contributed by atoms with Crippen molar-refractivity contribution in [2.75, 3.05) is 50.4 Å². The van der Waals surface area contributed by atoms with Gasteiger partial charge in [-0.1, -0.05) is 6.07 Å². The van der Waals surface area contributed by atoms with Gasteiger partial charge < -0.3 is 4.90 Å². The lowest BCUT2D eigenvalue weighted by Gasteiger charge is -2.38. The second kappa shape index (κ2) is 11.1. The van der Waals surface area contributed by atoms with Crippen LogP contribution in [0, 0.1) is 13.8 Å². The smallest absolute Gasteiger partial charge is 0.243 e. The molecule has 0 atom stereocenters. The Balaban J connectivity index is 0.00000342. The first-order chi connectivity index (χ1) is 16.0. The van der Waals surface area contributed by atoms with Crippen LogP contribution >= 0.6 is 12.4 Å². The molecule has 2 aromatic rings. The minimum absolute atomic E-state index is 0. The monoisotopic (exact) mass is 543 g/mol. The van der Waals surface area contributed by atoms with Crippen molar-refractivity contribution in [1.29, 1.82) is 0 Å². The van der Waals surface area contributed by atoms with Crippen LogP contribution in [-0.2, 0) is 19.9 Å². The Morgan fingerprint density at radius 1 is 0.829 bits per heavy atom. The summed E-state index contributed by atoms with van der Waals surface area (Å²) >= 11 is 0. The molecular weight excluding hydrogens is 510 g/mol. The van der Waals surface area contributed by atoms with Crippen LogP contribution in [0.4, 0.5) is 5.95 Å². The Kier molecular flexibility index (Phi) is 8.80. The van der Waals surface area contributed by atoms with Crippen molar-refractivity contribution in [3.8, 4) is 0 Å². The summed E-state index contributed by atoms with van der Waals surface area (Å²) in [7, 11) is -7.24. The van der Waals surface area contributed by atoms with Crippen LogP contribution in [0.2, 0.25) is 0 Å². The van der Waals surface area contributed by atoms with E-state index in [1.807, 2.05) is 19.9 Å². The van der Waals surface area contributed by atoms with E-state index in [1.54, 1.807) is 0 Å². The molecule has 4 rings (SSSR count). The number of piperidine rings is 1. The molecule has 0 spiro atoms. The van der Waals surface area contributed by atoms with E-state index in [0.717, 1.165) is 62.5 Å². The topological polar surface area (TPSA) is 104 Å². The maximum atomic E-state index is 13.2. The summed E-state index contributed by atoms with van der Waals surface area (Å²) in [4.78, 5) is 13.9. The van der Waals surface area contributed by atoms with E-state index in [2.05, 4.69) is 19.8 Å². The Hall–Kier alpha value is -1.79. The highest BCUT2D eigenvalue weighted by Crippen LogP contribution is 2.24. The quantitative estimate of drug-likeness (QED) is 0.566. The first-order valence-corrected chi connectivity index (χ1v) is 15.0. The number of aromatic nitrogens is 2. The van der Waals surface area contributed by atoms with Crippen LogP contribution in [0.5, 0.6) is 0 Å². The van der Waals surface area contributed by atoms with E-state index in [0.29, 0.717) is 25.7 Å². The van der Waals surface area contributed by atoms with Crippen LogP contribution in [0.1, 0.15) is 30.7 Å². The zero-order chi connectivity index (χ0) is 24.5. The maximum absolute atomic E-state index is 13.2. The lowest BCUT2D eigenvalue weighted by Crippen LogP contribution is -2.46. The second-order valence-corrected chi connectivity index (χ2v) is 13.2. The Morgan fingerprint density at radius 3 is 2.09 bits per heavy atom. The van der Waals surface area contributed by atoms with Gasteiger partial charge in [0.2, 0.25) is 16.0 Å². The number of hydrogen-bond acceptors (Lipinski definition) is 8. The van der Waals surface area contributed by atoms with Crippen molar-refractivity contribution in [3.05, 3.63) is 41.7 Å². The van der Waals surface area contributed by atoms with Gasteiger partial charge in [-0.3, -0.25) is 4.90 Å². The third-order valence-electron chi connectivity index (χ3n) is 6.60. The van der Waals surface area contributed by atoms with Crippen LogP contribution < -0.4 is 4.90 Å². The third kappa shape index (κ3) is 6.51. The normalized spacial score (nSPS) is 19.2. The molecule has 1 aromatic carbocycles. The van der Waals surface area contributed by atoms with Gasteiger partial charge >= 0.3 is 0 Å². The number of nitrogens with zero attached hydrogens (tertiary/aromatic N) is 5. The van der Waals surface area contributed by atoms with E-state index in [-0.39, 0.29) is 22.2 Å². The molecule has 0 amide bonds. The van der Waals surface area contributed by atoms with Crippen molar-refractivity contribution < 1.29 is 16.8 Å². The van der Waals surface area contributed by atoms with E-state index >= 15 is 0 Å². The van der Waals surface area contributed by atoms with Gasteiger partial charge in [0.15, 0.2) is 9.84 Å². The largest absolute Gasteiger partial charge is 0.341 e. The number of sulfonamides is 1. The highest BCUT2D eigenvalue weighted by atomic mass is 35.5. The second-order valence-electron chi connectivity index (χ2n) is 9.21. The van der Waals surface area contributed by atoms with Gasteiger partial charge in [-0.25, -0.2) is 26.8 Å². The molecule has 2 aliphatic rings. The van der Waals surface area contributed by atoms with Crippen LogP contribution in [-0.4, -0.2) is 87.6 Å². The highest BCUT2D eigenvalue weighted by Gasteiger charge is 2.31. The van der Waals surface area contributed by atoms with Gasteiger partial charge in [-0.05, 0) is 63.9 Å². The van der Waals surface area contributed by atoms with Crippen molar-refractivity contribution >= 4 is 38.2 Å². The molecule has 0 radical (unpaired) electrons. The predicted octanol–water partition coefficient (Wildman–Crippen LogP) is 2.28. The Morgan fingerprint density at radius 2 is 1.46 bits per heavy atom. The molecule has 1 aromatic heterocycles. The first-order valence-electron chi connectivity index (χ1n) is 11.7. The van der Waals surface area contributed by atoms with Gasteiger partial charge in [0.25, 0.3) is 0 Å². The molecule has 35 heavy (non-hydrogen) atoms. The highest BCUT2D eigenvalue weighted by molar-refractivity contribution is 7.91. The van der Waals surface area contributed by atoms with Crippen molar-refractivity contribution in [2.24, 2.45) is 0 Å². The molecule has 2 fully saturated rings. The number of rotatable bonds is 5. The molecule has 0 unspecified atom stereocenters. The molecule has 0 N–H and O–H groups in total. The molecule has 0 aliphatic carbocycles. The Bertz CT molecular complexity index is 1230. The summed E-state index contributed by atoms with van der Waals surface area (Å²) in [6.07, 6.45) is 3.80. The zero-order valence-electron chi connectivity index (χ0n) is 20.4. The lowest BCUT2D eigenvalue weighted by molar-refractivity contribution is 0.177. The van der Waals surface area contributed by atoms with Gasteiger partial charge in [-0.2, -0.15) is 4.31 Å². The molecule has 9 nitrogen and oxygen atoms in total. The summed E-state index contributed by atoms with van der Waals surface area (Å²) in [5, 5.41) is 0. The predicted molar refractivity (Wildman–Crippen MR) is 138 cm³/mol. The molecule has 2 aliphatic heterocycles. The summed E-state index contributed by atoms with van der Waals surface area (Å²) < 4.78 is 51.8. The number of halogens is 1. The summed E-state index contributed by atoms with van der Waals surface area (Å²) in [6, 6.07) is 8.02. The van der Waals surface area contributed by atoms with Crippen molar-refractivity contribution in [1.82, 2.24) is 19.2 Å². The number of sulfone groups is 1. The standard InChI is InChI=1S/C23H33N5O4S2.ClH/c1-18-16-19(2)25-23(24-18)27-12-8-20(9-13-27)26-10-5-11-28(15-14-26)34(31,32)22-7-4-6-21(17-22)33(3,29)30;/h4,6-7,16-17,20H,5,8-15H2,1-3H3;1H. The van der Waals surface area contributed by atoms with Crippen molar-refractivity contribution in [3.63, 3.8) is 0 Å². The molecule has 2 saturated heterocycles. The zero-order valence-corrected chi connectivity index (χ0v) is 22.9. The van der Waals surface area contributed by atoms with Gasteiger partial charge in [-0.15, -0.1) is 12.4 Å². The molecule has 0 saturated carbocycles. The van der Waals surface area contributed by atoms with Crippen molar-refractivity contribution in [2.45, 2.75) is 48.9 Å². The van der Waals surface area contributed by atoms with E-state index in [9.17, 15) is 16.8 Å². The number of anilines is 1. The molecule has 3 heterocycles. The summed E-state index contributed by atoms with van der Waals surface area (Å²) in [5.74, 6) is 0.792. The maximum Gasteiger partial charge on any atom is 0.243 e. The van der Waals surface area contributed by atoms with Crippen LogP contribution in [0.25, 0.3) is 0 Å². The lowest BCUT2D eigenvalue weighted by atomic mass is 10.0. The minimum atomic E-state index is -3.76. The van der Waals surface area contributed by atoms with Gasteiger partial charge in [0.05, 0.1) is 9.79 Å². The van der Waals surface area contributed by atoms with E-state index < -0.39 is 19.9 Å². The average Bonchev–Trinajstić information content (AvgIpc) is 3.05. The third-order valence-corrected chi connectivity index (χ3v) is 9.60. The first kappa shape index (κ1) is 27.8. The van der Waals surface area contributed by atoms with E-state index in [1.165, 1.54) is 28.6 Å². The number of aryl methyl sites for hydroxylation is 2. The van der Waals surface area contributed by atoms with E-state index in [4.69, 9.17) is 0 Å².